The third kappa shape index (κ3) is 4.26. The predicted molar refractivity (Wildman–Crippen MR) is 57.8 cm³/mol. The van der Waals surface area contributed by atoms with Gasteiger partial charge < -0.3 is 5.11 Å². The fraction of sp³-hybridized carbons (Fsp3) is 0.300. The van der Waals surface area contributed by atoms with Gasteiger partial charge in [0.2, 0.25) is 0 Å². The van der Waals surface area contributed by atoms with Gasteiger partial charge in [-0.2, -0.15) is 0 Å². The number of aliphatic hydroxyl groups excluding tert-OH is 1. The molecule has 0 spiro atoms. The van der Waals surface area contributed by atoms with Crippen LogP contribution in [-0.4, -0.2) is 16.6 Å². The van der Waals surface area contributed by atoms with Crippen molar-refractivity contribution >= 4 is 6.08 Å². The van der Waals surface area contributed by atoms with Crippen molar-refractivity contribution < 1.29 is 5.11 Å². The molecule has 0 radical (unpaired) electrons. The number of pyridine rings is 1. The van der Waals surface area contributed by atoms with Crippen molar-refractivity contribution in [1.82, 2.24) is 4.98 Å². The van der Waals surface area contributed by atoms with E-state index in [0.29, 0.717) is 13.0 Å². The Morgan fingerprint density at radius 2 is 2.40 bits per heavy atom. The Hall–Kier alpha value is -1.84. The van der Waals surface area contributed by atoms with E-state index in [1.807, 2.05) is 18.2 Å². The van der Waals surface area contributed by atoms with Gasteiger partial charge in [0.1, 0.15) is 0 Å². The Kier molecular flexibility index (Phi) is 4.94. The molecular weight excluding hydrogens is 192 g/mol. The summed E-state index contributed by atoms with van der Waals surface area (Å²) in [5.41, 5.74) is 9.76. The zero-order chi connectivity index (χ0) is 10.9. The zero-order valence-electron chi connectivity index (χ0n) is 8.24. The largest absolute Gasteiger partial charge is 0.392 e. The van der Waals surface area contributed by atoms with Gasteiger partial charge in [0, 0.05) is 23.9 Å². The molecule has 0 aliphatic carbocycles. The van der Waals surface area contributed by atoms with Gasteiger partial charge in [0.05, 0.1) is 6.61 Å². The number of hydrogen-bond acceptors (Lipinski definition) is 3. The molecule has 0 bridgehead atoms. The molecule has 1 heterocycles. The Morgan fingerprint density at radius 1 is 1.53 bits per heavy atom. The van der Waals surface area contributed by atoms with E-state index >= 15 is 0 Å². The molecule has 15 heavy (non-hydrogen) atoms. The first-order valence-corrected chi connectivity index (χ1v) is 4.59. The van der Waals surface area contributed by atoms with E-state index in [2.05, 4.69) is 15.0 Å². The fourth-order valence-electron chi connectivity index (χ4n) is 1.08. The van der Waals surface area contributed by atoms with E-state index in [0.717, 1.165) is 11.1 Å². The van der Waals surface area contributed by atoms with Gasteiger partial charge in [-0.25, -0.2) is 0 Å². The molecule has 1 aromatic rings. The smallest absolute Gasteiger partial charge is 0.0697 e. The molecule has 0 saturated heterocycles. The summed E-state index contributed by atoms with van der Waals surface area (Å²) in [5.74, 6) is 0. The SMILES string of the molecule is [N-]=[N+]=NCCC=Cc1cncc(CO)c1. The average molecular weight is 204 g/mol. The van der Waals surface area contributed by atoms with Crippen LogP contribution >= 0.6 is 0 Å². The molecule has 0 atom stereocenters. The molecule has 5 nitrogen and oxygen atoms in total. The van der Waals surface area contributed by atoms with Gasteiger partial charge >= 0.3 is 0 Å². The van der Waals surface area contributed by atoms with Crippen molar-refractivity contribution in [1.29, 1.82) is 0 Å². The highest BCUT2D eigenvalue weighted by molar-refractivity contribution is 5.48. The average Bonchev–Trinajstić information content (AvgIpc) is 2.29. The molecule has 0 fully saturated rings. The van der Waals surface area contributed by atoms with Crippen LogP contribution in [0.1, 0.15) is 17.5 Å². The second-order valence-corrected chi connectivity index (χ2v) is 2.93. The number of hydrogen-bond donors (Lipinski definition) is 1. The van der Waals surface area contributed by atoms with Crippen LogP contribution in [-0.2, 0) is 6.61 Å². The summed E-state index contributed by atoms with van der Waals surface area (Å²) < 4.78 is 0. The van der Waals surface area contributed by atoms with E-state index in [1.165, 1.54) is 0 Å². The number of aromatic nitrogens is 1. The first-order chi connectivity index (χ1) is 7.36. The van der Waals surface area contributed by atoms with Crippen molar-refractivity contribution in [3.05, 3.63) is 46.1 Å². The first kappa shape index (κ1) is 11.2. The van der Waals surface area contributed by atoms with Crippen molar-refractivity contribution in [2.75, 3.05) is 6.54 Å². The summed E-state index contributed by atoms with van der Waals surface area (Å²) in [6, 6.07) is 1.86. The third-order valence-electron chi connectivity index (χ3n) is 1.77. The van der Waals surface area contributed by atoms with E-state index in [4.69, 9.17) is 10.6 Å². The van der Waals surface area contributed by atoms with Crippen LogP contribution in [0.4, 0.5) is 0 Å². The zero-order valence-corrected chi connectivity index (χ0v) is 8.24. The molecule has 1 aromatic heterocycles. The molecule has 0 amide bonds. The molecular formula is C10H12N4O. The molecule has 0 aliphatic heterocycles. The van der Waals surface area contributed by atoms with Gasteiger partial charge in [-0.05, 0) is 29.1 Å². The van der Waals surface area contributed by atoms with Crippen LogP contribution in [0, 0.1) is 0 Å². The van der Waals surface area contributed by atoms with Crippen LogP contribution in [0.25, 0.3) is 16.5 Å². The lowest BCUT2D eigenvalue weighted by molar-refractivity contribution is 0.281. The maximum Gasteiger partial charge on any atom is 0.0697 e. The highest BCUT2D eigenvalue weighted by Crippen LogP contribution is 2.05. The number of nitrogens with zero attached hydrogens (tertiary/aromatic N) is 4. The summed E-state index contributed by atoms with van der Waals surface area (Å²) in [7, 11) is 0. The lowest BCUT2D eigenvalue weighted by atomic mass is 10.2. The highest BCUT2D eigenvalue weighted by Gasteiger charge is 1.91. The lowest BCUT2D eigenvalue weighted by Crippen LogP contribution is -1.85. The highest BCUT2D eigenvalue weighted by atomic mass is 16.3. The Bertz CT molecular complexity index is 383. The number of azide groups is 1. The maximum atomic E-state index is 8.88. The van der Waals surface area contributed by atoms with Crippen LogP contribution < -0.4 is 0 Å². The van der Waals surface area contributed by atoms with E-state index in [9.17, 15) is 0 Å². The molecule has 5 heteroatoms. The number of aliphatic hydroxyl groups is 1. The minimum absolute atomic E-state index is 0.00654. The van der Waals surface area contributed by atoms with Crippen molar-refractivity contribution in [3.8, 4) is 0 Å². The quantitative estimate of drug-likeness (QED) is 0.345. The summed E-state index contributed by atoms with van der Waals surface area (Å²) in [6.45, 7) is 0.452. The molecule has 0 aliphatic rings. The Balaban J connectivity index is 2.52. The minimum Gasteiger partial charge on any atom is -0.392 e. The monoisotopic (exact) mass is 204 g/mol. The Labute approximate surface area is 87.7 Å². The van der Waals surface area contributed by atoms with E-state index < -0.39 is 0 Å². The van der Waals surface area contributed by atoms with Crippen LogP contribution in [0.2, 0.25) is 0 Å². The fourth-order valence-corrected chi connectivity index (χ4v) is 1.08. The molecule has 0 unspecified atom stereocenters. The summed E-state index contributed by atoms with van der Waals surface area (Å²) in [5, 5.41) is 12.3. The van der Waals surface area contributed by atoms with Gasteiger partial charge in [-0.15, -0.1) is 0 Å². The predicted octanol–water partition coefficient (Wildman–Crippen LogP) is 2.29. The van der Waals surface area contributed by atoms with Gasteiger partial charge in [0.15, 0.2) is 0 Å². The van der Waals surface area contributed by atoms with Crippen molar-refractivity contribution in [3.63, 3.8) is 0 Å². The second-order valence-electron chi connectivity index (χ2n) is 2.93. The Morgan fingerprint density at radius 3 is 3.13 bits per heavy atom. The second kappa shape index (κ2) is 6.59. The molecule has 78 valence electrons. The van der Waals surface area contributed by atoms with Crippen LogP contribution in [0.3, 0.4) is 0 Å². The summed E-state index contributed by atoms with van der Waals surface area (Å²) >= 11 is 0. The first-order valence-electron chi connectivity index (χ1n) is 4.59. The maximum absolute atomic E-state index is 8.88. The minimum atomic E-state index is -0.00654. The van der Waals surface area contributed by atoms with Gasteiger partial charge in [-0.3, -0.25) is 4.98 Å². The third-order valence-corrected chi connectivity index (χ3v) is 1.77. The van der Waals surface area contributed by atoms with E-state index in [-0.39, 0.29) is 6.61 Å². The molecule has 1 N–H and O–H groups in total. The summed E-state index contributed by atoms with van der Waals surface area (Å²) in [4.78, 5) is 6.63. The van der Waals surface area contributed by atoms with E-state index in [1.54, 1.807) is 12.4 Å². The molecule has 1 rings (SSSR count). The van der Waals surface area contributed by atoms with Crippen LogP contribution in [0.15, 0.2) is 29.7 Å². The normalized spacial score (nSPS) is 10.2. The van der Waals surface area contributed by atoms with Gasteiger partial charge in [-0.1, -0.05) is 17.3 Å². The summed E-state index contributed by atoms with van der Waals surface area (Å²) in [6.07, 6.45) is 7.83. The van der Waals surface area contributed by atoms with Crippen molar-refractivity contribution in [2.24, 2.45) is 5.11 Å². The molecule has 0 saturated carbocycles. The standard InChI is InChI=1S/C10H12N4O/c11-14-13-4-2-1-3-9-5-10(8-15)7-12-6-9/h1,3,5-7,15H,2,4,8H2. The topological polar surface area (TPSA) is 81.9 Å². The van der Waals surface area contributed by atoms with Crippen molar-refractivity contribution in [2.45, 2.75) is 13.0 Å². The lowest BCUT2D eigenvalue weighted by Gasteiger charge is -1.96. The number of rotatable bonds is 5. The molecule has 0 aromatic carbocycles. The van der Waals surface area contributed by atoms with Crippen LogP contribution in [0.5, 0.6) is 0 Å². The van der Waals surface area contributed by atoms with Gasteiger partial charge in [0.25, 0.3) is 0 Å².